The molecule has 0 amide bonds. The third-order valence-electron chi connectivity index (χ3n) is 6.80. The number of aryl methyl sites for hydroxylation is 1. The lowest BCUT2D eigenvalue weighted by Gasteiger charge is -2.35. The molecule has 2 fully saturated rings. The summed E-state index contributed by atoms with van der Waals surface area (Å²) in [5, 5.41) is 0. The minimum absolute atomic E-state index is 0.0625. The van der Waals surface area contributed by atoms with E-state index in [-0.39, 0.29) is 19.4 Å². The predicted molar refractivity (Wildman–Crippen MR) is 112 cm³/mol. The van der Waals surface area contributed by atoms with Crippen LogP contribution in [0.4, 0.5) is 17.6 Å². The first-order valence-electron chi connectivity index (χ1n) is 11.5. The fraction of sp³-hybridized carbons (Fsp3) is 0.680. The number of benzene rings is 1. The number of hydrogen-bond donors (Lipinski definition) is 0. The fourth-order valence-electron chi connectivity index (χ4n) is 5.06. The summed E-state index contributed by atoms with van der Waals surface area (Å²) in [5.74, 6) is -6.02. The smallest absolute Gasteiger partial charge is 0.274 e. The van der Waals surface area contributed by atoms with Crippen LogP contribution >= 0.6 is 0 Å². The molecule has 2 atom stereocenters. The molecule has 0 aromatic heterocycles. The van der Waals surface area contributed by atoms with Crippen molar-refractivity contribution in [2.45, 2.75) is 89.6 Å². The Kier molecular flexibility index (Phi) is 8.00. The number of allylic oxidation sites excluding steroid dienone is 2. The molecule has 0 saturated heterocycles. The Morgan fingerprint density at radius 2 is 1.50 bits per heavy atom. The van der Waals surface area contributed by atoms with Gasteiger partial charge in [0.25, 0.3) is 5.92 Å². The van der Waals surface area contributed by atoms with Crippen LogP contribution in [0.5, 0.6) is 0 Å². The van der Waals surface area contributed by atoms with Gasteiger partial charge in [0.05, 0.1) is 0 Å². The molecule has 2 unspecified atom stereocenters. The van der Waals surface area contributed by atoms with Crippen molar-refractivity contribution in [3.05, 3.63) is 47.0 Å². The molecule has 2 aliphatic carbocycles. The van der Waals surface area contributed by atoms with E-state index in [1.807, 2.05) is 0 Å². The highest BCUT2D eigenvalue weighted by Gasteiger charge is 2.47. The lowest BCUT2D eigenvalue weighted by molar-refractivity contribution is -0.165. The highest BCUT2D eigenvalue weighted by atomic mass is 19.3. The van der Waals surface area contributed by atoms with Crippen LogP contribution in [0.3, 0.4) is 0 Å². The van der Waals surface area contributed by atoms with E-state index >= 15 is 0 Å². The minimum atomic E-state index is -3.11. The lowest BCUT2D eigenvalue weighted by Crippen LogP contribution is -2.42. The Morgan fingerprint density at radius 3 is 2.07 bits per heavy atom. The van der Waals surface area contributed by atoms with Gasteiger partial charge >= 0.3 is 0 Å². The molecule has 0 aliphatic heterocycles. The van der Waals surface area contributed by atoms with Crippen LogP contribution in [0.1, 0.15) is 82.3 Å². The predicted octanol–water partition coefficient (Wildman–Crippen LogP) is 7.90. The molecule has 30 heavy (non-hydrogen) atoms. The minimum Gasteiger partial charge on any atom is -0.372 e. The summed E-state index contributed by atoms with van der Waals surface area (Å²) < 4.78 is 63.2. The van der Waals surface area contributed by atoms with Crippen molar-refractivity contribution in [1.29, 1.82) is 0 Å². The highest BCUT2D eigenvalue weighted by Crippen LogP contribution is 2.46. The van der Waals surface area contributed by atoms with E-state index in [0.717, 1.165) is 25.7 Å². The third kappa shape index (κ3) is 5.46. The zero-order chi connectivity index (χ0) is 21.7. The second-order valence-electron chi connectivity index (χ2n) is 8.92. The van der Waals surface area contributed by atoms with Gasteiger partial charge in [-0.15, -0.1) is 0 Å². The first-order chi connectivity index (χ1) is 14.4. The molecule has 1 aromatic carbocycles. The van der Waals surface area contributed by atoms with Gasteiger partial charge in [-0.25, -0.2) is 17.6 Å². The number of rotatable bonds is 7. The second kappa shape index (κ2) is 10.3. The van der Waals surface area contributed by atoms with Crippen LogP contribution in [0.15, 0.2) is 35.9 Å². The van der Waals surface area contributed by atoms with Crippen LogP contribution in [0, 0.1) is 11.8 Å². The molecule has 3 rings (SSSR count). The number of halogens is 4. The largest absolute Gasteiger partial charge is 0.372 e. The molecule has 1 aromatic rings. The van der Waals surface area contributed by atoms with Gasteiger partial charge in [-0.1, -0.05) is 37.6 Å². The van der Waals surface area contributed by atoms with E-state index in [1.165, 1.54) is 11.1 Å². The summed E-state index contributed by atoms with van der Waals surface area (Å²) in [5.41, 5.74) is 2.58. The maximum Gasteiger partial charge on any atom is 0.274 e. The Labute approximate surface area is 177 Å². The number of hydrogen-bond acceptors (Lipinski definition) is 1. The molecular formula is C25H34F4O. The first-order valence-corrected chi connectivity index (χ1v) is 11.5. The van der Waals surface area contributed by atoms with Gasteiger partial charge in [-0.3, -0.25) is 0 Å². The van der Waals surface area contributed by atoms with E-state index in [9.17, 15) is 17.6 Å². The Bertz CT molecular complexity index is 704. The van der Waals surface area contributed by atoms with E-state index in [1.54, 1.807) is 6.92 Å². The summed E-state index contributed by atoms with van der Waals surface area (Å²) in [6, 6.07) is 8.62. The van der Waals surface area contributed by atoms with Crippen molar-refractivity contribution in [2.75, 3.05) is 6.61 Å². The molecular weight excluding hydrogens is 392 g/mol. The van der Waals surface area contributed by atoms with Crippen molar-refractivity contribution in [2.24, 2.45) is 11.8 Å². The quantitative estimate of drug-likeness (QED) is 0.403. The first kappa shape index (κ1) is 23.3. The standard InChI is InChI=1S/C25H34F4O/c1-3-5-17-6-8-18(9-7-17)19-10-12-20(13-11-19)23(26)24(27)21-14-15-22(30-4-2)25(28,29)16-21/h6-9,19-22H,3-5,10-16H2,1-2H3/b24-23+. The van der Waals surface area contributed by atoms with Gasteiger partial charge in [0, 0.05) is 24.9 Å². The maximum absolute atomic E-state index is 14.9. The van der Waals surface area contributed by atoms with Crippen molar-refractivity contribution in [3.8, 4) is 0 Å². The Morgan fingerprint density at radius 1 is 0.900 bits per heavy atom. The fourth-order valence-corrected chi connectivity index (χ4v) is 5.06. The molecule has 0 N–H and O–H groups in total. The van der Waals surface area contributed by atoms with Gasteiger partial charge in [0.2, 0.25) is 0 Å². The van der Waals surface area contributed by atoms with E-state index in [4.69, 9.17) is 4.74 Å². The molecule has 168 valence electrons. The SMILES string of the molecule is CCCc1ccc(C2CCC(/C(F)=C(\F)C3CCC(OCC)C(F)(F)C3)CC2)cc1. The number of alkyl halides is 2. The van der Waals surface area contributed by atoms with Gasteiger partial charge in [-0.2, -0.15) is 0 Å². The zero-order valence-corrected chi connectivity index (χ0v) is 18.1. The molecule has 0 spiro atoms. The van der Waals surface area contributed by atoms with Gasteiger partial charge in [0.15, 0.2) is 0 Å². The monoisotopic (exact) mass is 426 g/mol. The Hall–Kier alpha value is -1.36. The topological polar surface area (TPSA) is 9.23 Å². The average molecular weight is 427 g/mol. The summed E-state index contributed by atoms with van der Waals surface area (Å²) in [4.78, 5) is 0. The zero-order valence-electron chi connectivity index (χ0n) is 18.1. The summed E-state index contributed by atoms with van der Waals surface area (Å²) in [6.07, 6.45) is 3.30. The molecule has 0 heterocycles. The highest BCUT2D eigenvalue weighted by molar-refractivity contribution is 5.26. The number of ether oxygens (including phenoxy) is 1. The van der Waals surface area contributed by atoms with Crippen molar-refractivity contribution < 1.29 is 22.3 Å². The summed E-state index contributed by atoms with van der Waals surface area (Å²) in [6.45, 7) is 4.02. The van der Waals surface area contributed by atoms with Crippen LogP contribution in [-0.4, -0.2) is 18.6 Å². The summed E-state index contributed by atoms with van der Waals surface area (Å²) >= 11 is 0. The maximum atomic E-state index is 14.9. The van der Waals surface area contributed by atoms with Crippen LogP contribution < -0.4 is 0 Å². The molecule has 1 nitrogen and oxygen atoms in total. The van der Waals surface area contributed by atoms with E-state index in [0.29, 0.717) is 18.8 Å². The van der Waals surface area contributed by atoms with Crippen LogP contribution in [0.2, 0.25) is 0 Å². The lowest BCUT2D eigenvalue weighted by atomic mass is 9.76. The van der Waals surface area contributed by atoms with Crippen molar-refractivity contribution in [3.63, 3.8) is 0 Å². The van der Waals surface area contributed by atoms with Gasteiger partial charge < -0.3 is 4.74 Å². The third-order valence-corrected chi connectivity index (χ3v) is 6.80. The molecule has 2 aliphatic rings. The Balaban J connectivity index is 1.58. The second-order valence-corrected chi connectivity index (χ2v) is 8.92. The molecule has 2 saturated carbocycles. The van der Waals surface area contributed by atoms with Gasteiger partial charge in [-0.05, 0) is 68.9 Å². The normalized spacial score (nSPS) is 30.1. The van der Waals surface area contributed by atoms with Crippen molar-refractivity contribution >= 4 is 0 Å². The van der Waals surface area contributed by atoms with Crippen molar-refractivity contribution in [1.82, 2.24) is 0 Å². The average Bonchev–Trinajstić information content (AvgIpc) is 2.75. The molecule has 0 bridgehead atoms. The summed E-state index contributed by atoms with van der Waals surface area (Å²) in [7, 11) is 0. The molecule has 5 heteroatoms. The molecule has 0 radical (unpaired) electrons. The van der Waals surface area contributed by atoms with Crippen LogP contribution in [0.25, 0.3) is 0 Å². The van der Waals surface area contributed by atoms with E-state index < -0.39 is 41.9 Å². The van der Waals surface area contributed by atoms with E-state index in [2.05, 4.69) is 31.2 Å². The van der Waals surface area contributed by atoms with Gasteiger partial charge in [0.1, 0.15) is 17.8 Å². The van der Waals surface area contributed by atoms with Crippen LogP contribution in [-0.2, 0) is 11.2 Å².